The quantitative estimate of drug-likeness (QED) is 0.348. The molecule has 0 saturated heterocycles. The highest BCUT2D eigenvalue weighted by atomic mass is 35.5. The van der Waals surface area contributed by atoms with Gasteiger partial charge in [0.15, 0.2) is 0 Å². The minimum absolute atomic E-state index is 0. The second-order valence-electron chi connectivity index (χ2n) is 6.07. The fourth-order valence-electron chi connectivity index (χ4n) is 2.60. The van der Waals surface area contributed by atoms with E-state index in [1.807, 2.05) is 14.1 Å². The first-order chi connectivity index (χ1) is 10.9. The Balaban J connectivity index is 0.00000288. The lowest BCUT2D eigenvalue weighted by Crippen LogP contribution is -3.05. The molecule has 0 saturated carbocycles. The summed E-state index contributed by atoms with van der Waals surface area (Å²) >= 11 is 0. The number of quaternary nitrogens is 1. The van der Waals surface area contributed by atoms with Crippen molar-refractivity contribution in [3.63, 3.8) is 0 Å². The van der Waals surface area contributed by atoms with Crippen molar-refractivity contribution in [2.75, 3.05) is 27.2 Å². The second kappa shape index (κ2) is 9.93. The van der Waals surface area contributed by atoms with E-state index in [1.54, 1.807) is 7.05 Å². The van der Waals surface area contributed by atoms with Crippen LogP contribution in [0.4, 0.5) is 0 Å². The number of aromatic amines is 1. The van der Waals surface area contributed by atoms with E-state index >= 15 is 0 Å². The Hall–Kier alpha value is -1.39. The molecule has 2 heterocycles. The van der Waals surface area contributed by atoms with Gasteiger partial charge in [-0.2, -0.15) is 0 Å². The molecule has 0 aliphatic carbocycles. The van der Waals surface area contributed by atoms with Crippen LogP contribution in [0.25, 0.3) is 11.2 Å². The molecule has 0 amide bonds. The average molecular weight is 398 g/mol. The van der Waals surface area contributed by atoms with Gasteiger partial charge in [-0.05, 0) is 0 Å². The van der Waals surface area contributed by atoms with Crippen LogP contribution in [0, 0.1) is 0 Å². The Bertz CT molecular complexity index is 799. The van der Waals surface area contributed by atoms with E-state index in [0.29, 0.717) is 24.1 Å². The highest BCUT2D eigenvalue weighted by Gasteiger charge is 2.22. The first-order valence-corrected chi connectivity index (χ1v) is 7.65. The molecule has 0 aliphatic heterocycles. The van der Waals surface area contributed by atoms with Crippen LogP contribution in [-0.4, -0.2) is 57.7 Å². The van der Waals surface area contributed by atoms with E-state index in [2.05, 4.69) is 4.98 Å². The number of fused-ring (bicyclic) bond motifs is 1. The predicted molar refractivity (Wildman–Crippen MR) is 83.4 cm³/mol. The van der Waals surface area contributed by atoms with Crippen LogP contribution in [-0.2, 0) is 20.1 Å². The fraction of sp³-hybridized carbons (Fsp3) is 0.643. The first-order valence-electron chi connectivity index (χ1n) is 7.65. The molecule has 1 atom stereocenters. The molecular formula is C14H25Cl2N5O4. The molecule has 0 aromatic carbocycles. The number of nitrogens with zero attached hydrogens (tertiary/aromatic N) is 3. The highest BCUT2D eigenvalue weighted by molar-refractivity contribution is 5.64. The van der Waals surface area contributed by atoms with Gasteiger partial charge in [-0.1, -0.05) is 0 Å². The van der Waals surface area contributed by atoms with Crippen LogP contribution in [0.3, 0.4) is 0 Å². The number of imidazole rings is 1. The lowest BCUT2D eigenvalue weighted by molar-refractivity contribution is -0.858. The van der Waals surface area contributed by atoms with Gasteiger partial charge >= 0.3 is 11.2 Å². The van der Waals surface area contributed by atoms with Crippen LogP contribution in [0.1, 0.15) is 6.42 Å². The van der Waals surface area contributed by atoms with Crippen LogP contribution >= 0.6 is 0 Å². The lowest BCUT2D eigenvalue weighted by atomic mass is 10.3. The standard InChI is InChI=1S/C14H23N5O4.2ClH/c1-16(2)5-4-6-19-13(22)11-12(17(3)14(19)23)15-9-18(11)7-10(21)8-20;;/h9-10,20-21H,4-8H2,1-3H3;2*1H. The summed E-state index contributed by atoms with van der Waals surface area (Å²) in [5, 5.41) is 18.6. The molecule has 0 radical (unpaired) electrons. The Morgan fingerprint density at radius 2 is 1.96 bits per heavy atom. The topological polar surface area (TPSA) is 109 Å². The molecule has 0 fully saturated rings. The molecule has 1 unspecified atom stereocenters. The van der Waals surface area contributed by atoms with E-state index in [1.165, 1.54) is 24.9 Å². The Labute approximate surface area is 157 Å². The summed E-state index contributed by atoms with van der Waals surface area (Å²) < 4.78 is 4.15. The van der Waals surface area contributed by atoms with Crippen molar-refractivity contribution < 1.29 is 44.5 Å². The third-order valence-corrected chi connectivity index (χ3v) is 3.85. The van der Waals surface area contributed by atoms with Gasteiger partial charge in [0.1, 0.15) is 12.6 Å². The van der Waals surface area contributed by atoms with E-state index in [-0.39, 0.29) is 42.6 Å². The van der Waals surface area contributed by atoms with Gasteiger partial charge < -0.3 is 39.9 Å². The number of hydrogen-bond donors (Lipinski definition) is 4. The molecule has 0 spiro atoms. The second-order valence-corrected chi connectivity index (χ2v) is 6.07. The highest BCUT2D eigenvalue weighted by Crippen LogP contribution is 1.99. The van der Waals surface area contributed by atoms with Gasteiger partial charge in [0.05, 0.1) is 27.2 Å². The van der Waals surface area contributed by atoms with E-state index < -0.39 is 12.7 Å². The van der Waals surface area contributed by atoms with Crippen LogP contribution in [0.2, 0.25) is 0 Å². The van der Waals surface area contributed by atoms with Crippen molar-refractivity contribution in [2.24, 2.45) is 7.05 Å². The van der Waals surface area contributed by atoms with Crippen molar-refractivity contribution in [1.82, 2.24) is 14.1 Å². The van der Waals surface area contributed by atoms with Crippen molar-refractivity contribution in [3.8, 4) is 0 Å². The Morgan fingerprint density at radius 1 is 1.32 bits per heavy atom. The minimum Gasteiger partial charge on any atom is -1.00 e. The number of halogens is 2. The van der Waals surface area contributed by atoms with E-state index in [4.69, 9.17) is 5.11 Å². The van der Waals surface area contributed by atoms with E-state index in [9.17, 15) is 14.7 Å². The zero-order chi connectivity index (χ0) is 17.1. The zero-order valence-corrected chi connectivity index (χ0v) is 16.0. The number of aromatic nitrogens is 4. The van der Waals surface area contributed by atoms with Gasteiger partial charge in [-0.3, -0.25) is 13.9 Å². The van der Waals surface area contributed by atoms with Crippen molar-refractivity contribution >= 4 is 11.2 Å². The van der Waals surface area contributed by atoms with Gasteiger partial charge in [0, 0.05) is 20.0 Å². The van der Waals surface area contributed by atoms with Gasteiger partial charge in [0.25, 0.3) is 11.2 Å². The van der Waals surface area contributed by atoms with Crippen molar-refractivity contribution in [1.29, 1.82) is 0 Å². The monoisotopic (exact) mass is 397 g/mol. The number of hydrogen-bond acceptors (Lipinski definition) is 4. The van der Waals surface area contributed by atoms with Crippen LogP contribution in [0.15, 0.2) is 15.9 Å². The van der Waals surface area contributed by atoms with Crippen molar-refractivity contribution in [3.05, 3.63) is 27.2 Å². The number of aliphatic hydroxyl groups excluding tert-OH is 2. The summed E-state index contributed by atoms with van der Waals surface area (Å²) in [6.07, 6.45) is 1.27. The Kier molecular flexibility index (Phi) is 9.38. The maximum absolute atomic E-state index is 12.7. The van der Waals surface area contributed by atoms with Crippen LogP contribution < -0.4 is 45.5 Å². The summed E-state index contributed by atoms with van der Waals surface area (Å²) in [4.78, 5) is 29.2. The molecule has 25 heavy (non-hydrogen) atoms. The number of aliphatic hydroxyl groups is 2. The summed E-state index contributed by atoms with van der Waals surface area (Å²) in [7, 11) is 5.63. The Morgan fingerprint density at radius 3 is 2.52 bits per heavy atom. The number of rotatable bonds is 7. The molecular weight excluding hydrogens is 373 g/mol. The largest absolute Gasteiger partial charge is 1.00 e. The molecule has 4 N–H and O–H groups in total. The maximum atomic E-state index is 12.7. The molecule has 0 bridgehead atoms. The summed E-state index contributed by atoms with van der Waals surface area (Å²) in [5.41, 5.74) is -0.0346. The zero-order valence-electron chi connectivity index (χ0n) is 14.5. The van der Waals surface area contributed by atoms with Gasteiger partial charge in [-0.25, -0.2) is 14.3 Å². The SMILES string of the molecule is Cn1c(=O)n(CCC[NH+](C)C)c(=O)c2c1[nH]c[n+]2CC(O)CO.[Cl-].[Cl-]. The summed E-state index contributed by atoms with van der Waals surface area (Å²) in [6, 6.07) is 0. The third-order valence-electron chi connectivity index (χ3n) is 3.85. The molecule has 0 aliphatic rings. The minimum atomic E-state index is -0.971. The summed E-state index contributed by atoms with van der Waals surface area (Å²) in [6.45, 7) is 0.876. The number of aryl methyl sites for hydroxylation is 1. The molecule has 2 aromatic rings. The van der Waals surface area contributed by atoms with Crippen LogP contribution in [0.5, 0.6) is 0 Å². The molecule has 2 rings (SSSR count). The molecule has 9 nitrogen and oxygen atoms in total. The third kappa shape index (κ3) is 5.05. The normalized spacial score (nSPS) is 12.1. The van der Waals surface area contributed by atoms with E-state index in [0.717, 1.165) is 6.54 Å². The lowest BCUT2D eigenvalue weighted by Gasteiger charge is -2.09. The predicted octanol–water partition coefficient (Wildman–Crippen LogP) is -9.79. The molecule has 2 aromatic heterocycles. The maximum Gasteiger partial charge on any atom is 0.334 e. The molecule has 11 heteroatoms. The molecule has 144 valence electrons. The fourth-order valence-corrected chi connectivity index (χ4v) is 2.60. The smallest absolute Gasteiger partial charge is 0.334 e. The summed E-state index contributed by atoms with van der Waals surface area (Å²) in [5.74, 6) is 0. The first kappa shape index (κ1) is 23.6. The average Bonchev–Trinajstić information content (AvgIpc) is 2.92. The van der Waals surface area contributed by atoms with Crippen molar-refractivity contribution in [2.45, 2.75) is 25.6 Å². The van der Waals surface area contributed by atoms with Gasteiger partial charge in [0.2, 0.25) is 6.33 Å². The number of nitrogens with one attached hydrogen (secondary N) is 2. The number of H-pyrrole nitrogens is 1. The van der Waals surface area contributed by atoms with Gasteiger partial charge in [-0.15, -0.1) is 0 Å².